The van der Waals surface area contributed by atoms with Crippen LogP contribution in [-0.2, 0) is 13.1 Å². The van der Waals surface area contributed by atoms with E-state index in [1.807, 2.05) is 36.7 Å². The number of rotatable bonds is 4. The molecule has 0 spiro atoms. The Morgan fingerprint density at radius 3 is 2.75 bits per heavy atom. The van der Waals surface area contributed by atoms with Crippen molar-refractivity contribution in [2.75, 3.05) is 0 Å². The third-order valence-corrected chi connectivity index (χ3v) is 3.52. The van der Waals surface area contributed by atoms with Crippen LogP contribution in [0.15, 0.2) is 60.9 Å². The highest BCUT2D eigenvalue weighted by Gasteiger charge is 2.01. The fraction of sp³-hybridized carbons (Fsp3) is 0.118. The largest absolute Gasteiger partial charge is 0.309 e. The molecule has 0 radical (unpaired) electrons. The van der Waals surface area contributed by atoms with E-state index < -0.39 is 0 Å². The Hall–Kier alpha value is -1.90. The highest BCUT2D eigenvalue weighted by Crippen LogP contribution is 2.17. The molecule has 0 aliphatic heterocycles. The van der Waals surface area contributed by atoms with E-state index in [2.05, 4.69) is 34.6 Å². The van der Waals surface area contributed by atoms with Crippen LogP contribution in [0.1, 0.15) is 11.1 Å². The van der Waals surface area contributed by atoms with Crippen molar-refractivity contribution in [3.8, 4) is 0 Å². The fourth-order valence-electron chi connectivity index (χ4n) is 2.31. The molecule has 3 aromatic rings. The molecule has 2 nitrogen and oxygen atoms in total. The number of fused-ring (bicyclic) bond motifs is 1. The molecule has 1 N–H and O–H groups in total. The summed E-state index contributed by atoms with van der Waals surface area (Å²) in [5.41, 5.74) is 2.40. The molecule has 0 amide bonds. The molecule has 0 unspecified atom stereocenters. The SMILES string of the molecule is Clc1cccc(CNCc2cncc3ccccc23)c1. The molecule has 1 aromatic heterocycles. The van der Waals surface area contributed by atoms with Crippen LogP contribution in [0.3, 0.4) is 0 Å². The number of nitrogens with zero attached hydrogens (tertiary/aromatic N) is 1. The van der Waals surface area contributed by atoms with Crippen molar-refractivity contribution < 1.29 is 0 Å². The van der Waals surface area contributed by atoms with Gasteiger partial charge in [-0.15, -0.1) is 0 Å². The number of pyridine rings is 1. The van der Waals surface area contributed by atoms with E-state index in [1.54, 1.807) is 0 Å². The summed E-state index contributed by atoms with van der Waals surface area (Å²) in [6, 6.07) is 16.2. The highest BCUT2D eigenvalue weighted by atomic mass is 35.5. The van der Waals surface area contributed by atoms with Crippen LogP contribution in [0, 0.1) is 0 Å². The van der Waals surface area contributed by atoms with Crippen molar-refractivity contribution in [3.63, 3.8) is 0 Å². The Bertz CT molecular complexity index is 720. The molecule has 0 saturated carbocycles. The molecule has 0 saturated heterocycles. The first-order valence-corrected chi connectivity index (χ1v) is 6.97. The molecule has 0 bridgehead atoms. The number of nitrogens with one attached hydrogen (secondary N) is 1. The summed E-state index contributed by atoms with van der Waals surface area (Å²) in [6.07, 6.45) is 3.82. The van der Waals surface area contributed by atoms with Crippen molar-refractivity contribution in [1.29, 1.82) is 0 Å². The topological polar surface area (TPSA) is 24.9 Å². The maximum absolute atomic E-state index is 5.98. The molecule has 2 aromatic carbocycles. The summed E-state index contributed by atoms with van der Waals surface area (Å²) in [6.45, 7) is 1.59. The molecule has 100 valence electrons. The van der Waals surface area contributed by atoms with E-state index in [1.165, 1.54) is 21.9 Å². The summed E-state index contributed by atoms with van der Waals surface area (Å²) in [7, 11) is 0. The molecule has 20 heavy (non-hydrogen) atoms. The van der Waals surface area contributed by atoms with E-state index in [-0.39, 0.29) is 0 Å². The second-order valence-electron chi connectivity index (χ2n) is 4.75. The van der Waals surface area contributed by atoms with Gasteiger partial charge in [-0.2, -0.15) is 0 Å². The van der Waals surface area contributed by atoms with Crippen molar-refractivity contribution in [1.82, 2.24) is 10.3 Å². The normalized spacial score (nSPS) is 10.8. The smallest absolute Gasteiger partial charge is 0.0409 e. The van der Waals surface area contributed by atoms with E-state index >= 15 is 0 Å². The van der Waals surface area contributed by atoms with Crippen LogP contribution in [0.5, 0.6) is 0 Å². The second-order valence-corrected chi connectivity index (χ2v) is 5.19. The van der Waals surface area contributed by atoms with Gasteiger partial charge in [0.2, 0.25) is 0 Å². The lowest BCUT2D eigenvalue weighted by atomic mass is 10.1. The second kappa shape index (κ2) is 6.04. The molecular weight excluding hydrogens is 268 g/mol. The predicted molar refractivity (Wildman–Crippen MR) is 83.7 cm³/mol. The lowest BCUT2D eigenvalue weighted by molar-refractivity contribution is 0.695. The van der Waals surface area contributed by atoms with Gasteiger partial charge in [-0.25, -0.2) is 0 Å². The Kier molecular flexibility index (Phi) is 3.95. The zero-order valence-corrected chi connectivity index (χ0v) is 11.8. The Morgan fingerprint density at radius 2 is 1.85 bits per heavy atom. The molecule has 0 atom stereocenters. The maximum Gasteiger partial charge on any atom is 0.0409 e. The zero-order valence-electron chi connectivity index (χ0n) is 11.0. The van der Waals surface area contributed by atoms with Gasteiger partial charge in [0, 0.05) is 35.9 Å². The van der Waals surface area contributed by atoms with E-state index in [4.69, 9.17) is 11.6 Å². The highest BCUT2D eigenvalue weighted by molar-refractivity contribution is 6.30. The van der Waals surface area contributed by atoms with Gasteiger partial charge in [0.1, 0.15) is 0 Å². The van der Waals surface area contributed by atoms with Gasteiger partial charge in [0.25, 0.3) is 0 Å². The van der Waals surface area contributed by atoms with Crippen LogP contribution in [0.2, 0.25) is 5.02 Å². The number of aromatic nitrogens is 1. The molecule has 0 aliphatic carbocycles. The molecule has 1 heterocycles. The minimum atomic E-state index is 0.774. The van der Waals surface area contributed by atoms with E-state index in [9.17, 15) is 0 Å². The van der Waals surface area contributed by atoms with Crippen LogP contribution >= 0.6 is 11.6 Å². The molecule has 3 rings (SSSR count). The number of benzene rings is 2. The standard InChI is InChI=1S/C17H15ClN2/c18-16-6-3-4-13(8-16)9-19-11-15-12-20-10-14-5-1-2-7-17(14)15/h1-8,10,12,19H,9,11H2. The maximum atomic E-state index is 5.98. The average molecular weight is 283 g/mol. The van der Waals surface area contributed by atoms with Gasteiger partial charge in [0.05, 0.1) is 0 Å². The predicted octanol–water partition coefficient (Wildman–Crippen LogP) is 4.18. The third kappa shape index (κ3) is 2.98. The number of hydrogen-bond donors (Lipinski definition) is 1. The number of hydrogen-bond acceptors (Lipinski definition) is 2. The summed E-state index contributed by atoms with van der Waals surface area (Å²) in [5, 5.41) is 6.64. The van der Waals surface area contributed by atoms with E-state index in [0.29, 0.717) is 0 Å². The lowest BCUT2D eigenvalue weighted by Crippen LogP contribution is -2.13. The Morgan fingerprint density at radius 1 is 0.950 bits per heavy atom. The molecular formula is C17H15ClN2. The van der Waals surface area contributed by atoms with Gasteiger partial charge in [-0.05, 0) is 28.6 Å². The van der Waals surface area contributed by atoms with Crippen molar-refractivity contribution >= 4 is 22.4 Å². The van der Waals surface area contributed by atoms with Gasteiger partial charge in [-0.1, -0.05) is 48.0 Å². The summed E-state index contributed by atoms with van der Waals surface area (Å²) < 4.78 is 0. The quantitative estimate of drug-likeness (QED) is 0.776. The van der Waals surface area contributed by atoms with Crippen molar-refractivity contribution in [2.24, 2.45) is 0 Å². The molecule has 3 heteroatoms. The molecule has 0 aliphatic rings. The summed E-state index contributed by atoms with van der Waals surface area (Å²) >= 11 is 5.98. The van der Waals surface area contributed by atoms with E-state index in [0.717, 1.165) is 18.1 Å². The van der Waals surface area contributed by atoms with Crippen molar-refractivity contribution in [3.05, 3.63) is 77.1 Å². The van der Waals surface area contributed by atoms with Gasteiger partial charge >= 0.3 is 0 Å². The minimum absolute atomic E-state index is 0.774. The summed E-state index contributed by atoms with van der Waals surface area (Å²) in [4.78, 5) is 4.29. The Balaban J connectivity index is 1.71. The first-order chi connectivity index (χ1) is 9.83. The summed E-state index contributed by atoms with van der Waals surface area (Å²) in [5.74, 6) is 0. The fourth-order valence-corrected chi connectivity index (χ4v) is 2.52. The number of halogens is 1. The van der Waals surface area contributed by atoms with Crippen LogP contribution in [-0.4, -0.2) is 4.98 Å². The van der Waals surface area contributed by atoms with Gasteiger partial charge < -0.3 is 5.32 Å². The van der Waals surface area contributed by atoms with Crippen LogP contribution in [0.25, 0.3) is 10.8 Å². The minimum Gasteiger partial charge on any atom is -0.309 e. The average Bonchev–Trinajstić information content (AvgIpc) is 2.48. The van der Waals surface area contributed by atoms with Gasteiger partial charge in [0.15, 0.2) is 0 Å². The molecule has 0 fully saturated rings. The Labute approximate surface area is 123 Å². The third-order valence-electron chi connectivity index (χ3n) is 3.28. The van der Waals surface area contributed by atoms with Gasteiger partial charge in [-0.3, -0.25) is 4.98 Å². The first kappa shape index (κ1) is 13.1. The lowest BCUT2D eigenvalue weighted by Gasteiger charge is -2.08. The monoisotopic (exact) mass is 282 g/mol. The zero-order chi connectivity index (χ0) is 13.8. The van der Waals surface area contributed by atoms with Crippen molar-refractivity contribution in [2.45, 2.75) is 13.1 Å². The van der Waals surface area contributed by atoms with Crippen LogP contribution < -0.4 is 5.32 Å². The first-order valence-electron chi connectivity index (χ1n) is 6.60. The van der Waals surface area contributed by atoms with Crippen LogP contribution in [0.4, 0.5) is 0 Å².